The molecule has 0 bridgehead atoms. The Hall–Kier alpha value is -1.75. The maximum atomic E-state index is 10.7. The van der Waals surface area contributed by atoms with E-state index >= 15 is 0 Å². The van der Waals surface area contributed by atoms with E-state index in [1.54, 1.807) is 14.2 Å². The molecule has 5 heteroatoms. The van der Waals surface area contributed by atoms with E-state index in [1.165, 1.54) is 18.4 Å². The van der Waals surface area contributed by atoms with Gasteiger partial charge in [0.2, 0.25) is 0 Å². The largest absolute Gasteiger partial charge is 0.493 e. The molecule has 1 aliphatic heterocycles. The quantitative estimate of drug-likeness (QED) is 0.561. The number of hydrogen-bond acceptors (Lipinski definition) is 3. The van der Waals surface area contributed by atoms with Crippen molar-refractivity contribution in [2.45, 2.75) is 38.6 Å². The summed E-state index contributed by atoms with van der Waals surface area (Å²) in [5.41, 5.74) is 1.17. The number of hydrogen-bond donors (Lipinski definition) is 1. The van der Waals surface area contributed by atoms with Crippen LogP contribution in [0.4, 0.5) is 0 Å². The lowest BCUT2D eigenvalue weighted by Crippen LogP contribution is -2.45. The molecule has 0 aliphatic carbocycles. The Morgan fingerprint density at radius 1 is 1.17 bits per heavy atom. The molecule has 0 saturated carbocycles. The van der Waals surface area contributed by atoms with Gasteiger partial charge in [0.25, 0.3) is 0 Å². The van der Waals surface area contributed by atoms with Gasteiger partial charge in [-0.15, -0.1) is 0 Å². The Balaban J connectivity index is 2.08. The van der Waals surface area contributed by atoms with Crippen LogP contribution in [0.15, 0.2) is 18.2 Å². The summed E-state index contributed by atoms with van der Waals surface area (Å²) in [4.78, 5) is 10.7. The molecule has 23 heavy (non-hydrogen) atoms. The highest BCUT2D eigenvalue weighted by atomic mass is 16.5. The summed E-state index contributed by atoms with van der Waals surface area (Å²) in [6.45, 7) is 4.28. The lowest BCUT2D eigenvalue weighted by molar-refractivity contribution is -0.930. The maximum absolute atomic E-state index is 10.7. The second-order valence-corrected chi connectivity index (χ2v) is 6.38. The summed E-state index contributed by atoms with van der Waals surface area (Å²) in [5, 5.41) is 8.80. The van der Waals surface area contributed by atoms with Gasteiger partial charge in [-0.1, -0.05) is 6.07 Å². The minimum atomic E-state index is -0.701. The molecule has 1 fully saturated rings. The number of methoxy groups -OCH3 is 2. The second kappa shape index (κ2) is 8.20. The Morgan fingerprint density at radius 3 is 2.52 bits per heavy atom. The van der Waals surface area contributed by atoms with Crippen molar-refractivity contribution in [3.8, 4) is 11.5 Å². The van der Waals surface area contributed by atoms with Gasteiger partial charge < -0.3 is 19.1 Å². The zero-order valence-electron chi connectivity index (χ0n) is 14.2. The fourth-order valence-corrected chi connectivity index (χ4v) is 3.63. The number of unbranched alkanes of at least 4 members (excludes halogenated alkanes) is 1. The second-order valence-electron chi connectivity index (χ2n) is 6.38. The molecule has 1 heterocycles. The standard InChI is InChI=1S/C18H27NO4/c1-22-16-9-7-8-15(18(16)23-2)14-19(12-5-6-13-19)11-4-3-10-17(20)21/h7-9H,3-6,10-14H2,1-2H3/p+1. The van der Waals surface area contributed by atoms with Crippen molar-refractivity contribution in [1.29, 1.82) is 0 Å². The van der Waals surface area contributed by atoms with Crippen LogP contribution in [0.25, 0.3) is 0 Å². The molecule has 1 aromatic carbocycles. The number of rotatable bonds is 9. The van der Waals surface area contributed by atoms with Crippen LogP contribution in [0, 0.1) is 0 Å². The normalized spacial score (nSPS) is 16.3. The van der Waals surface area contributed by atoms with E-state index in [0.29, 0.717) is 0 Å². The van der Waals surface area contributed by atoms with Crippen molar-refractivity contribution in [1.82, 2.24) is 0 Å². The summed E-state index contributed by atoms with van der Waals surface area (Å²) in [6, 6.07) is 6.04. The Morgan fingerprint density at radius 2 is 1.91 bits per heavy atom. The number of carboxylic acids is 1. The molecule has 1 aliphatic rings. The Labute approximate surface area is 138 Å². The van der Waals surface area contributed by atoms with Gasteiger partial charge in [-0.3, -0.25) is 4.79 Å². The van der Waals surface area contributed by atoms with Crippen LogP contribution in [0.5, 0.6) is 11.5 Å². The van der Waals surface area contributed by atoms with Crippen LogP contribution in [-0.2, 0) is 11.3 Å². The first-order valence-corrected chi connectivity index (χ1v) is 8.37. The zero-order chi connectivity index (χ0) is 16.7. The fourth-order valence-electron chi connectivity index (χ4n) is 3.63. The average Bonchev–Trinajstić information content (AvgIpc) is 3.00. The molecule has 1 saturated heterocycles. The number of quaternary nitrogens is 1. The molecule has 1 aromatic rings. The minimum absolute atomic E-state index is 0.266. The topological polar surface area (TPSA) is 55.8 Å². The number of ether oxygens (including phenoxy) is 2. The van der Waals surface area contributed by atoms with E-state index in [4.69, 9.17) is 14.6 Å². The molecule has 1 N–H and O–H groups in total. The number of nitrogens with zero attached hydrogens (tertiary/aromatic N) is 1. The van der Waals surface area contributed by atoms with E-state index in [1.807, 2.05) is 12.1 Å². The van der Waals surface area contributed by atoms with Crippen molar-refractivity contribution in [3.05, 3.63) is 23.8 Å². The van der Waals surface area contributed by atoms with Crippen LogP contribution < -0.4 is 9.47 Å². The maximum Gasteiger partial charge on any atom is 0.303 e. The third-order valence-electron chi connectivity index (χ3n) is 4.78. The van der Waals surface area contributed by atoms with E-state index in [2.05, 4.69) is 6.07 Å². The third kappa shape index (κ3) is 4.61. The molecular weight excluding hydrogens is 294 g/mol. The summed E-state index contributed by atoms with van der Waals surface area (Å²) in [7, 11) is 3.34. The highest BCUT2D eigenvalue weighted by Gasteiger charge is 2.33. The summed E-state index contributed by atoms with van der Waals surface area (Å²) in [5.74, 6) is 0.894. The fraction of sp³-hybridized carbons (Fsp3) is 0.611. The van der Waals surface area contributed by atoms with Crippen LogP contribution in [0.2, 0.25) is 0 Å². The first-order chi connectivity index (χ1) is 11.1. The van der Waals surface area contributed by atoms with E-state index < -0.39 is 5.97 Å². The van der Waals surface area contributed by atoms with Crippen molar-refractivity contribution in [3.63, 3.8) is 0 Å². The number of carboxylic acid groups (broad SMARTS) is 1. The van der Waals surface area contributed by atoms with Crippen LogP contribution in [-0.4, -0.2) is 49.4 Å². The number of carbonyl (C=O) groups is 1. The lowest BCUT2D eigenvalue weighted by Gasteiger charge is -2.35. The molecule has 0 amide bonds. The first kappa shape index (κ1) is 17.6. The molecule has 0 aromatic heterocycles. The number of likely N-dealkylation sites (tertiary alicyclic amines) is 1. The minimum Gasteiger partial charge on any atom is -0.493 e. The smallest absolute Gasteiger partial charge is 0.303 e. The van der Waals surface area contributed by atoms with Crippen molar-refractivity contribution >= 4 is 5.97 Å². The predicted molar refractivity (Wildman–Crippen MR) is 88.8 cm³/mol. The van der Waals surface area contributed by atoms with Gasteiger partial charge in [0.1, 0.15) is 6.54 Å². The number of aliphatic carboxylic acids is 1. The Bertz CT molecular complexity index is 524. The van der Waals surface area contributed by atoms with Gasteiger partial charge in [-0.2, -0.15) is 0 Å². The van der Waals surface area contributed by atoms with Gasteiger partial charge in [0.15, 0.2) is 11.5 Å². The van der Waals surface area contributed by atoms with Gasteiger partial charge >= 0.3 is 5.97 Å². The molecule has 128 valence electrons. The average molecular weight is 322 g/mol. The van der Waals surface area contributed by atoms with Crippen molar-refractivity contribution in [2.75, 3.05) is 33.9 Å². The van der Waals surface area contributed by atoms with E-state index in [0.717, 1.165) is 55.0 Å². The van der Waals surface area contributed by atoms with Gasteiger partial charge in [0, 0.05) is 19.3 Å². The summed E-state index contributed by atoms with van der Waals surface area (Å²) < 4.78 is 12.0. The van der Waals surface area contributed by atoms with Gasteiger partial charge in [0.05, 0.1) is 39.4 Å². The molecule has 0 atom stereocenters. The molecular formula is C18H28NO4+. The van der Waals surface area contributed by atoms with E-state index in [9.17, 15) is 4.79 Å². The highest BCUT2D eigenvalue weighted by molar-refractivity contribution is 5.66. The molecule has 5 nitrogen and oxygen atoms in total. The number of benzene rings is 1. The van der Waals surface area contributed by atoms with Crippen LogP contribution in [0.1, 0.15) is 37.7 Å². The molecule has 0 unspecified atom stereocenters. The lowest BCUT2D eigenvalue weighted by atomic mass is 10.1. The van der Waals surface area contributed by atoms with Crippen LogP contribution >= 0.6 is 0 Å². The molecule has 0 spiro atoms. The van der Waals surface area contributed by atoms with Crippen LogP contribution in [0.3, 0.4) is 0 Å². The number of para-hydroxylation sites is 1. The first-order valence-electron chi connectivity index (χ1n) is 8.37. The molecule has 0 radical (unpaired) electrons. The van der Waals surface area contributed by atoms with Crippen molar-refractivity contribution in [2.24, 2.45) is 0 Å². The summed E-state index contributed by atoms with van der Waals surface area (Å²) in [6.07, 6.45) is 4.46. The third-order valence-corrected chi connectivity index (χ3v) is 4.78. The Kier molecular flexibility index (Phi) is 6.28. The monoisotopic (exact) mass is 322 g/mol. The van der Waals surface area contributed by atoms with Gasteiger partial charge in [-0.25, -0.2) is 0 Å². The predicted octanol–water partition coefficient (Wildman–Crippen LogP) is 3.07. The highest BCUT2D eigenvalue weighted by Crippen LogP contribution is 2.34. The van der Waals surface area contributed by atoms with E-state index in [-0.39, 0.29) is 6.42 Å². The zero-order valence-corrected chi connectivity index (χ0v) is 14.2. The SMILES string of the molecule is COc1cccc(C[N+]2(CCCCC(=O)O)CCCC2)c1OC. The molecule has 2 rings (SSSR count). The van der Waals surface area contributed by atoms with Crippen molar-refractivity contribution < 1.29 is 23.9 Å². The van der Waals surface area contributed by atoms with Gasteiger partial charge in [-0.05, 0) is 25.0 Å². The summed E-state index contributed by atoms with van der Waals surface area (Å²) >= 11 is 0.